The Kier molecular flexibility index (Phi) is 3.56. The molecular weight excluding hydrogens is 272 g/mol. The minimum Gasteiger partial charge on any atom is -0.378 e. The molecule has 1 aliphatic rings. The average molecular weight is 285 g/mol. The largest absolute Gasteiger partial charge is 0.378 e. The fourth-order valence-electron chi connectivity index (χ4n) is 1.68. The number of halogens is 1. The summed E-state index contributed by atoms with van der Waals surface area (Å²) < 4.78 is 6.25. The molecule has 0 spiro atoms. The fourth-order valence-corrected chi connectivity index (χ4v) is 1.91. The Morgan fingerprint density at radius 3 is 3.00 bits per heavy atom. The van der Waals surface area contributed by atoms with Crippen LogP contribution >= 0.6 is 15.9 Å². The first-order chi connectivity index (χ1) is 7.65. The third-order valence-corrected chi connectivity index (χ3v) is 3.02. The highest BCUT2D eigenvalue weighted by Crippen LogP contribution is 2.20. The van der Waals surface area contributed by atoms with E-state index in [1.54, 1.807) is 12.3 Å². The minimum absolute atomic E-state index is 0.0147. The van der Waals surface area contributed by atoms with E-state index in [9.17, 15) is 4.79 Å². The van der Waals surface area contributed by atoms with Crippen molar-refractivity contribution in [3.63, 3.8) is 0 Å². The molecule has 4 nitrogen and oxygen atoms in total. The molecule has 1 aromatic rings. The molecule has 16 heavy (non-hydrogen) atoms. The molecule has 2 unspecified atom stereocenters. The maximum Gasteiger partial charge on any atom is 0.231 e. The number of hydrogen-bond donors (Lipinski definition) is 1. The Morgan fingerprint density at radius 1 is 1.62 bits per heavy atom. The van der Waals surface area contributed by atoms with Crippen molar-refractivity contribution in [2.45, 2.75) is 19.4 Å². The van der Waals surface area contributed by atoms with Gasteiger partial charge in [0.15, 0.2) is 0 Å². The van der Waals surface area contributed by atoms with Gasteiger partial charge < -0.3 is 10.1 Å². The Hall–Kier alpha value is -0.940. The second-order valence-electron chi connectivity index (χ2n) is 3.93. The molecule has 5 heteroatoms. The number of amides is 1. The van der Waals surface area contributed by atoms with Gasteiger partial charge in [-0.3, -0.25) is 4.79 Å². The first-order valence-corrected chi connectivity index (χ1v) is 5.98. The first kappa shape index (κ1) is 11.5. The second-order valence-corrected chi connectivity index (χ2v) is 4.84. The van der Waals surface area contributed by atoms with Crippen LogP contribution in [0.1, 0.15) is 13.3 Å². The lowest BCUT2D eigenvalue weighted by molar-refractivity contribution is -0.119. The highest BCUT2D eigenvalue weighted by molar-refractivity contribution is 9.10. The van der Waals surface area contributed by atoms with E-state index in [4.69, 9.17) is 4.74 Å². The summed E-state index contributed by atoms with van der Waals surface area (Å²) in [7, 11) is 0. The summed E-state index contributed by atoms with van der Waals surface area (Å²) in [6.07, 6.45) is 2.61. The maximum atomic E-state index is 11.8. The molecule has 2 rings (SSSR count). The average Bonchev–Trinajstić information content (AvgIpc) is 2.68. The molecule has 2 heterocycles. The van der Waals surface area contributed by atoms with Crippen molar-refractivity contribution >= 4 is 27.7 Å². The molecular formula is C11H13BrN2O2. The lowest BCUT2D eigenvalue weighted by Crippen LogP contribution is -2.23. The summed E-state index contributed by atoms with van der Waals surface area (Å²) >= 11 is 3.29. The van der Waals surface area contributed by atoms with Crippen molar-refractivity contribution in [1.82, 2.24) is 4.98 Å². The number of nitrogens with one attached hydrogen (secondary N) is 1. The van der Waals surface area contributed by atoms with Crippen LogP contribution in [0.4, 0.5) is 5.82 Å². The molecule has 1 fully saturated rings. The molecule has 0 bridgehead atoms. The predicted octanol–water partition coefficient (Wildman–Crippen LogP) is 2.21. The number of rotatable bonds is 2. The van der Waals surface area contributed by atoms with E-state index < -0.39 is 0 Å². The summed E-state index contributed by atoms with van der Waals surface area (Å²) in [6, 6.07) is 3.61. The van der Waals surface area contributed by atoms with E-state index in [-0.39, 0.29) is 17.9 Å². The third-order valence-electron chi connectivity index (χ3n) is 2.55. The smallest absolute Gasteiger partial charge is 0.231 e. The highest BCUT2D eigenvalue weighted by atomic mass is 79.9. The van der Waals surface area contributed by atoms with Gasteiger partial charge >= 0.3 is 0 Å². The molecule has 1 N–H and O–H groups in total. The summed E-state index contributed by atoms with van der Waals surface area (Å²) in [5.74, 6) is 0.507. The Balaban J connectivity index is 1.94. The SMILES string of the molecule is CC1CC(C(=O)Nc2ccc(Br)cn2)CO1. The van der Waals surface area contributed by atoms with Gasteiger partial charge in [0.2, 0.25) is 5.91 Å². The quantitative estimate of drug-likeness (QED) is 0.906. The van der Waals surface area contributed by atoms with Crippen molar-refractivity contribution in [3.8, 4) is 0 Å². The van der Waals surface area contributed by atoms with Crippen LogP contribution in [0.5, 0.6) is 0 Å². The number of anilines is 1. The fraction of sp³-hybridized carbons (Fsp3) is 0.455. The molecule has 0 radical (unpaired) electrons. The van der Waals surface area contributed by atoms with E-state index >= 15 is 0 Å². The van der Waals surface area contributed by atoms with Crippen LogP contribution in [0.2, 0.25) is 0 Å². The number of carbonyl (C=O) groups excluding carboxylic acids is 1. The van der Waals surface area contributed by atoms with Crippen LogP contribution in [0, 0.1) is 5.92 Å². The van der Waals surface area contributed by atoms with Gasteiger partial charge in [-0.05, 0) is 41.4 Å². The Morgan fingerprint density at radius 2 is 2.44 bits per heavy atom. The normalized spacial score (nSPS) is 24.4. The van der Waals surface area contributed by atoms with Gasteiger partial charge in [-0.2, -0.15) is 0 Å². The van der Waals surface area contributed by atoms with Crippen LogP contribution in [0.25, 0.3) is 0 Å². The van der Waals surface area contributed by atoms with Crippen molar-refractivity contribution < 1.29 is 9.53 Å². The molecule has 86 valence electrons. The topological polar surface area (TPSA) is 51.2 Å². The number of pyridine rings is 1. The molecule has 1 aliphatic heterocycles. The first-order valence-electron chi connectivity index (χ1n) is 5.19. The van der Waals surface area contributed by atoms with Gasteiger partial charge in [-0.1, -0.05) is 0 Å². The molecule has 0 saturated carbocycles. The van der Waals surface area contributed by atoms with Crippen molar-refractivity contribution in [2.24, 2.45) is 5.92 Å². The van der Waals surface area contributed by atoms with Gasteiger partial charge in [0.25, 0.3) is 0 Å². The van der Waals surface area contributed by atoms with Crippen LogP contribution in [0.15, 0.2) is 22.8 Å². The van der Waals surface area contributed by atoms with E-state index in [0.29, 0.717) is 12.4 Å². The molecule has 0 aromatic carbocycles. The summed E-state index contributed by atoms with van der Waals surface area (Å²) in [6.45, 7) is 2.48. The molecule has 0 aliphatic carbocycles. The summed E-state index contributed by atoms with van der Waals surface area (Å²) in [5, 5.41) is 2.78. The zero-order valence-corrected chi connectivity index (χ0v) is 10.5. The van der Waals surface area contributed by atoms with Crippen LogP contribution in [-0.2, 0) is 9.53 Å². The van der Waals surface area contributed by atoms with Crippen molar-refractivity contribution in [3.05, 3.63) is 22.8 Å². The van der Waals surface area contributed by atoms with E-state index in [1.807, 2.05) is 13.0 Å². The van der Waals surface area contributed by atoms with E-state index in [1.165, 1.54) is 0 Å². The molecule has 2 atom stereocenters. The number of hydrogen-bond acceptors (Lipinski definition) is 3. The second kappa shape index (κ2) is 4.93. The number of nitrogens with zero attached hydrogens (tertiary/aromatic N) is 1. The molecule has 1 amide bonds. The third kappa shape index (κ3) is 2.80. The van der Waals surface area contributed by atoms with Gasteiger partial charge in [0.05, 0.1) is 18.6 Å². The lowest BCUT2D eigenvalue weighted by atomic mass is 10.1. The maximum absolute atomic E-state index is 11.8. The van der Waals surface area contributed by atoms with E-state index in [2.05, 4.69) is 26.2 Å². The Labute approximate surface area is 103 Å². The number of ether oxygens (including phenoxy) is 1. The Bertz CT molecular complexity index is 380. The van der Waals surface area contributed by atoms with Gasteiger partial charge in [0, 0.05) is 10.7 Å². The zero-order chi connectivity index (χ0) is 11.5. The van der Waals surface area contributed by atoms with Crippen LogP contribution < -0.4 is 5.32 Å². The number of carbonyl (C=O) groups is 1. The highest BCUT2D eigenvalue weighted by Gasteiger charge is 2.28. The standard InChI is InChI=1S/C11H13BrN2O2/c1-7-4-8(6-16-7)11(15)14-10-3-2-9(12)5-13-10/h2-3,5,7-8H,4,6H2,1H3,(H,13,14,15). The monoisotopic (exact) mass is 284 g/mol. The number of aromatic nitrogens is 1. The van der Waals surface area contributed by atoms with Crippen LogP contribution in [-0.4, -0.2) is 23.6 Å². The van der Waals surface area contributed by atoms with Crippen molar-refractivity contribution in [1.29, 1.82) is 0 Å². The van der Waals surface area contributed by atoms with Gasteiger partial charge in [0.1, 0.15) is 5.82 Å². The zero-order valence-electron chi connectivity index (χ0n) is 8.94. The predicted molar refractivity (Wildman–Crippen MR) is 64.1 cm³/mol. The molecule has 1 aromatic heterocycles. The minimum atomic E-state index is -0.0551. The van der Waals surface area contributed by atoms with Crippen LogP contribution in [0.3, 0.4) is 0 Å². The lowest BCUT2D eigenvalue weighted by Gasteiger charge is -2.08. The molecule has 1 saturated heterocycles. The summed E-state index contributed by atoms with van der Waals surface area (Å²) in [5.41, 5.74) is 0. The van der Waals surface area contributed by atoms with E-state index in [0.717, 1.165) is 10.9 Å². The van der Waals surface area contributed by atoms with Crippen molar-refractivity contribution in [2.75, 3.05) is 11.9 Å². The van der Waals surface area contributed by atoms with Gasteiger partial charge in [-0.25, -0.2) is 4.98 Å². The summed E-state index contributed by atoms with van der Waals surface area (Å²) in [4.78, 5) is 15.9. The van der Waals surface area contributed by atoms with Gasteiger partial charge in [-0.15, -0.1) is 0 Å².